The van der Waals surface area contributed by atoms with Gasteiger partial charge in [-0.1, -0.05) is 0 Å². The third-order valence-corrected chi connectivity index (χ3v) is 6.22. The first kappa shape index (κ1) is 21.5. The summed E-state index contributed by atoms with van der Waals surface area (Å²) in [5, 5.41) is 6.71. The monoisotopic (exact) mass is 425 g/mol. The number of nitrogens with zero attached hydrogens (tertiary/aromatic N) is 3. The van der Waals surface area contributed by atoms with E-state index in [1.54, 1.807) is 11.8 Å². The normalized spacial score (nSPS) is 15.2. The number of carbonyl (C=O) groups is 1. The molecular formula is C18H27N5O5S. The van der Waals surface area contributed by atoms with Gasteiger partial charge in [-0.05, 0) is 34.0 Å². The first-order valence-corrected chi connectivity index (χ1v) is 10.9. The largest absolute Gasteiger partial charge is 0.458 e. The number of morpholine rings is 1. The number of sulfonamides is 1. The molecule has 11 heteroatoms. The fourth-order valence-electron chi connectivity index (χ4n) is 3.11. The van der Waals surface area contributed by atoms with Crippen LogP contribution in [0.4, 0.5) is 0 Å². The number of hydrogen-bond donors (Lipinski definition) is 2. The van der Waals surface area contributed by atoms with Crippen LogP contribution in [0, 0.1) is 6.92 Å². The number of ether oxygens (including phenoxy) is 1. The minimum absolute atomic E-state index is 0.0525. The van der Waals surface area contributed by atoms with E-state index in [0.29, 0.717) is 50.5 Å². The average Bonchev–Trinajstić information content (AvgIpc) is 3.32. The minimum Gasteiger partial charge on any atom is -0.458 e. The topological polar surface area (TPSA) is 121 Å². The Balaban J connectivity index is 1.78. The van der Waals surface area contributed by atoms with Gasteiger partial charge in [-0.15, -0.1) is 0 Å². The lowest BCUT2D eigenvalue weighted by Crippen LogP contribution is -2.40. The number of aryl methyl sites for hydroxylation is 1. The maximum absolute atomic E-state index is 12.8. The maximum atomic E-state index is 12.8. The predicted octanol–water partition coefficient (Wildman–Crippen LogP) is 0.681. The van der Waals surface area contributed by atoms with Crippen molar-refractivity contribution in [1.29, 1.82) is 0 Å². The first-order valence-electron chi connectivity index (χ1n) is 9.45. The zero-order chi connectivity index (χ0) is 21.0. The zero-order valence-electron chi connectivity index (χ0n) is 16.9. The molecule has 1 fully saturated rings. The number of H-pyrrole nitrogens is 1. The van der Waals surface area contributed by atoms with Gasteiger partial charge < -0.3 is 19.0 Å². The SMILES string of the molecule is Cc1oc(-c2[nH]ncc2C(=O)N2CCOCC2)cc1S(=O)(=O)NCCCN(C)C. The van der Waals surface area contributed by atoms with Crippen molar-refractivity contribution in [3.8, 4) is 11.5 Å². The highest BCUT2D eigenvalue weighted by Gasteiger charge is 2.27. The second-order valence-electron chi connectivity index (χ2n) is 7.15. The van der Waals surface area contributed by atoms with Gasteiger partial charge in [0.15, 0.2) is 5.76 Å². The van der Waals surface area contributed by atoms with E-state index in [2.05, 4.69) is 14.9 Å². The third-order valence-electron chi connectivity index (χ3n) is 4.65. The van der Waals surface area contributed by atoms with Crippen LogP contribution in [0.25, 0.3) is 11.5 Å². The van der Waals surface area contributed by atoms with Crippen LogP contribution in [0.15, 0.2) is 21.6 Å². The Morgan fingerprint density at radius 1 is 1.34 bits per heavy atom. The third kappa shape index (κ3) is 5.04. The molecule has 1 amide bonds. The number of rotatable bonds is 8. The van der Waals surface area contributed by atoms with E-state index in [1.165, 1.54) is 12.3 Å². The van der Waals surface area contributed by atoms with Crippen LogP contribution in [-0.4, -0.2) is 87.8 Å². The number of amides is 1. The Morgan fingerprint density at radius 3 is 2.76 bits per heavy atom. The lowest BCUT2D eigenvalue weighted by molar-refractivity contribution is 0.0303. The van der Waals surface area contributed by atoms with Crippen LogP contribution >= 0.6 is 0 Å². The molecule has 3 heterocycles. The number of aromatic amines is 1. The van der Waals surface area contributed by atoms with Crippen molar-refractivity contribution < 1.29 is 22.4 Å². The number of furan rings is 1. The van der Waals surface area contributed by atoms with Gasteiger partial charge >= 0.3 is 0 Å². The Hall–Kier alpha value is -2.21. The molecule has 2 aromatic rings. The fourth-order valence-corrected chi connectivity index (χ4v) is 4.36. The highest BCUT2D eigenvalue weighted by atomic mass is 32.2. The molecule has 0 bridgehead atoms. The van der Waals surface area contributed by atoms with Crippen molar-refractivity contribution in [2.75, 3.05) is 53.5 Å². The van der Waals surface area contributed by atoms with Gasteiger partial charge in [0.05, 0.1) is 25.0 Å². The molecule has 0 aliphatic carbocycles. The van der Waals surface area contributed by atoms with Crippen molar-refractivity contribution >= 4 is 15.9 Å². The number of hydrogen-bond acceptors (Lipinski definition) is 7. The maximum Gasteiger partial charge on any atom is 0.257 e. The van der Waals surface area contributed by atoms with Gasteiger partial charge in [-0.25, -0.2) is 13.1 Å². The highest BCUT2D eigenvalue weighted by molar-refractivity contribution is 7.89. The van der Waals surface area contributed by atoms with Crippen molar-refractivity contribution in [3.63, 3.8) is 0 Å². The lowest BCUT2D eigenvalue weighted by Gasteiger charge is -2.26. The van der Waals surface area contributed by atoms with Gasteiger partial charge in [0.1, 0.15) is 16.3 Å². The molecule has 0 aromatic carbocycles. The molecule has 160 valence electrons. The first-order chi connectivity index (χ1) is 13.8. The quantitative estimate of drug-likeness (QED) is 0.597. The molecule has 29 heavy (non-hydrogen) atoms. The van der Waals surface area contributed by atoms with Crippen LogP contribution < -0.4 is 4.72 Å². The number of nitrogens with one attached hydrogen (secondary N) is 2. The summed E-state index contributed by atoms with van der Waals surface area (Å²) in [6, 6.07) is 1.42. The highest BCUT2D eigenvalue weighted by Crippen LogP contribution is 2.29. The summed E-state index contributed by atoms with van der Waals surface area (Å²) >= 11 is 0. The van der Waals surface area contributed by atoms with Gasteiger partial charge in [0, 0.05) is 25.7 Å². The number of aromatic nitrogens is 2. The van der Waals surface area contributed by atoms with Gasteiger partial charge in [0.2, 0.25) is 10.0 Å². The Morgan fingerprint density at radius 2 is 2.07 bits per heavy atom. The van der Waals surface area contributed by atoms with E-state index >= 15 is 0 Å². The summed E-state index contributed by atoms with van der Waals surface area (Å²) < 4.78 is 38.8. The smallest absolute Gasteiger partial charge is 0.257 e. The van der Waals surface area contributed by atoms with E-state index in [0.717, 1.165) is 6.54 Å². The van der Waals surface area contributed by atoms with Crippen LogP contribution in [0.2, 0.25) is 0 Å². The molecule has 0 unspecified atom stereocenters. The Labute approximate surface area is 170 Å². The standard InChI is InChI=1S/C18H27N5O5S/c1-13-16(29(25,26)20-5-4-6-22(2)3)11-15(28-13)17-14(12-19-21-17)18(24)23-7-9-27-10-8-23/h11-12,20H,4-10H2,1-3H3,(H,19,21). The van der Waals surface area contributed by atoms with Crippen molar-refractivity contribution in [2.45, 2.75) is 18.2 Å². The molecule has 1 aliphatic heterocycles. The predicted molar refractivity (Wildman–Crippen MR) is 106 cm³/mol. The molecule has 0 atom stereocenters. The molecule has 1 saturated heterocycles. The minimum atomic E-state index is -3.72. The van der Waals surface area contributed by atoms with Crippen molar-refractivity contribution in [3.05, 3.63) is 23.6 Å². The van der Waals surface area contributed by atoms with Gasteiger partial charge in [-0.2, -0.15) is 5.10 Å². The lowest BCUT2D eigenvalue weighted by atomic mass is 10.2. The fraction of sp³-hybridized carbons (Fsp3) is 0.556. The van der Waals surface area contributed by atoms with E-state index in [4.69, 9.17) is 9.15 Å². The van der Waals surface area contributed by atoms with E-state index < -0.39 is 10.0 Å². The van der Waals surface area contributed by atoms with E-state index in [-0.39, 0.29) is 22.3 Å². The van der Waals surface area contributed by atoms with Crippen LogP contribution in [0.3, 0.4) is 0 Å². The molecule has 2 N–H and O–H groups in total. The molecule has 2 aromatic heterocycles. The van der Waals surface area contributed by atoms with Gasteiger partial charge in [0.25, 0.3) is 5.91 Å². The molecule has 3 rings (SSSR count). The number of carbonyl (C=O) groups excluding carboxylic acids is 1. The van der Waals surface area contributed by atoms with Crippen LogP contribution in [0.5, 0.6) is 0 Å². The average molecular weight is 426 g/mol. The second kappa shape index (κ2) is 9.08. The summed E-state index contributed by atoms with van der Waals surface area (Å²) in [6.07, 6.45) is 2.12. The van der Waals surface area contributed by atoms with Crippen molar-refractivity contribution in [2.24, 2.45) is 0 Å². The molecule has 1 aliphatic rings. The van der Waals surface area contributed by atoms with Crippen LogP contribution in [-0.2, 0) is 14.8 Å². The molecule has 0 spiro atoms. The molecular weight excluding hydrogens is 398 g/mol. The zero-order valence-corrected chi connectivity index (χ0v) is 17.7. The molecule has 0 radical (unpaired) electrons. The summed E-state index contributed by atoms with van der Waals surface area (Å²) in [5.74, 6) is 0.307. The van der Waals surface area contributed by atoms with Crippen molar-refractivity contribution in [1.82, 2.24) is 24.7 Å². The Bertz CT molecular complexity index is 944. The summed E-state index contributed by atoms with van der Waals surface area (Å²) in [5.41, 5.74) is 0.696. The second-order valence-corrected chi connectivity index (χ2v) is 8.88. The molecule has 10 nitrogen and oxygen atoms in total. The summed E-state index contributed by atoms with van der Waals surface area (Å²) in [7, 11) is 0.142. The van der Waals surface area contributed by atoms with E-state index in [9.17, 15) is 13.2 Å². The summed E-state index contributed by atoms with van der Waals surface area (Å²) in [4.78, 5) is 16.5. The van der Waals surface area contributed by atoms with Gasteiger partial charge in [-0.3, -0.25) is 9.89 Å². The summed E-state index contributed by atoms with van der Waals surface area (Å²) in [6.45, 7) is 4.65. The Kier molecular flexibility index (Phi) is 6.73. The molecule has 0 saturated carbocycles. The van der Waals surface area contributed by atoms with E-state index in [1.807, 2.05) is 19.0 Å². The van der Waals surface area contributed by atoms with Crippen LogP contribution in [0.1, 0.15) is 22.5 Å².